The van der Waals surface area contributed by atoms with Gasteiger partial charge in [-0.05, 0) is 30.9 Å². The standard InChI is InChI=1S/C12H24N2O2S2.C3H6O2S/c15-11(4-9-17)3-1-2-6-13-7-8-14-12(16)5-10-18;4-3(5)1-2-6/h13,17-18H,1-10H2,(H,14,16);6H,1-2H2,(H,4,5). The molecule has 0 unspecified atom stereocenters. The fourth-order valence-corrected chi connectivity index (χ4v) is 2.17. The number of carbonyl (C=O) groups is 3. The first-order chi connectivity index (χ1) is 11.5. The molecule has 0 heterocycles. The van der Waals surface area contributed by atoms with Gasteiger partial charge < -0.3 is 15.7 Å². The van der Waals surface area contributed by atoms with Crippen molar-refractivity contribution in [2.24, 2.45) is 0 Å². The van der Waals surface area contributed by atoms with Crippen LogP contribution in [0.4, 0.5) is 0 Å². The number of amides is 1. The van der Waals surface area contributed by atoms with Crippen molar-refractivity contribution in [3.05, 3.63) is 0 Å². The van der Waals surface area contributed by atoms with Crippen LogP contribution >= 0.6 is 37.9 Å². The van der Waals surface area contributed by atoms with E-state index >= 15 is 0 Å². The third-order valence-electron chi connectivity index (χ3n) is 2.74. The van der Waals surface area contributed by atoms with Gasteiger partial charge in [-0.2, -0.15) is 37.9 Å². The maximum Gasteiger partial charge on any atom is 0.304 e. The number of hydrogen-bond acceptors (Lipinski definition) is 7. The van der Waals surface area contributed by atoms with Crippen LogP contribution in [-0.4, -0.2) is 59.7 Å². The summed E-state index contributed by atoms with van der Waals surface area (Å²) in [6.07, 6.45) is 3.77. The predicted octanol–water partition coefficient (Wildman–Crippen LogP) is 1.46. The Morgan fingerprint density at radius 1 is 0.750 bits per heavy atom. The van der Waals surface area contributed by atoms with Gasteiger partial charge in [-0.1, -0.05) is 0 Å². The number of nitrogens with one attached hydrogen (secondary N) is 2. The maximum absolute atomic E-state index is 11.2. The van der Waals surface area contributed by atoms with Crippen molar-refractivity contribution >= 4 is 55.5 Å². The Morgan fingerprint density at radius 2 is 1.38 bits per heavy atom. The number of hydrogen-bond donors (Lipinski definition) is 6. The quantitative estimate of drug-likeness (QED) is 0.197. The minimum Gasteiger partial charge on any atom is -0.481 e. The van der Waals surface area contributed by atoms with E-state index in [-0.39, 0.29) is 12.3 Å². The fraction of sp³-hybridized carbons (Fsp3) is 0.800. The highest BCUT2D eigenvalue weighted by atomic mass is 32.1. The number of unbranched alkanes of at least 4 members (excludes halogenated alkanes) is 1. The van der Waals surface area contributed by atoms with Gasteiger partial charge in [0.25, 0.3) is 0 Å². The van der Waals surface area contributed by atoms with Crippen LogP contribution in [0.2, 0.25) is 0 Å². The summed E-state index contributed by atoms with van der Waals surface area (Å²) in [5.41, 5.74) is 0. The molecule has 0 spiro atoms. The number of ketones is 1. The summed E-state index contributed by atoms with van der Waals surface area (Å²) in [4.78, 5) is 31.8. The minimum atomic E-state index is -0.787. The SMILES string of the molecule is O=C(CCS)CCCCNCCNC(=O)CCS.O=C(O)CCS. The zero-order valence-corrected chi connectivity index (χ0v) is 16.7. The smallest absolute Gasteiger partial charge is 0.304 e. The lowest BCUT2D eigenvalue weighted by Gasteiger charge is -2.06. The van der Waals surface area contributed by atoms with E-state index in [1.807, 2.05) is 0 Å². The van der Waals surface area contributed by atoms with E-state index in [4.69, 9.17) is 5.11 Å². The summed E-state index contributed by atoms with van der Waals surface area (Å²) < 4.78 is 0. The van der Waals surface area contributed by atoms with Gasteiger partial charge in [-0.25, -0.2) is 0 Å². The maximum atomic E-state index is 11.2. The van der Waals surface area contributed by atoms with Crippen LogP contribution < -0.4 is 10.6 Å². The molecule has 24 heavy (non-hydrogen) atoms. The van der Waals surface area contributed by atoms with Gasteiger partial charge in [-0.3, -0.25) is 14.4 Å². The third kappa shape index (κ3) is 23.9. The average molecular weight is 399 g/mol. The largest absolute Gasteiger partial charge is 0.481 e. The first-order valence-electron chi connectivity index (χ1n) is 8.01. The van der Waals surface area contributed by atoms with Gasteiger partial charge in [0.1, 0.15) is 5.78 Å². The summed E-state index contributed by atoms with van der Waals surface area (Å²) in [6, 6.07) is 0. The molecule has 0 saturated heterocycles. The zero-order valence-electron chi connectivity index (χ0n) is 14.0. The van der Waals surface area contributed by atoms with Gasteiger partial charge in [0.15, 0.2) is 0 Å². The van der Waals surface area contributed by atoms with Crippen LogP contribution in [0.1, 0.15) is 38.5 Å². The van der Waals surface area contributed by atoms with Crippen molar-refractivity contribution in [2.75, 3.05) is 36.9 Å². The summed E-state index contributed by atoms with van der Waals surface area (Å²) in [5.74, 6) is 1.20. The molecule has 0 aromatic carbocycles. The first kappa shape index (κ1) is 25.9. The lowest BCUT2D eigenvalue weighted by molar-refractivity contribution is -0.136. The van der Waals surface area contributed by atoms with E-state index in [1.165, 1.54) is 0 Å². The molecular weight excluding hydrogens is 368 g/mol. The Bertz CT molecular complexity index is 321. The van der Waals surface area contributed by atoms with Crippen molar-refractivity contribution in [3.63, 3.8) is 0 Å². The van der Waals surface area contributed by atoms with E-state index in [0.29, 0.717) is 48.8 Å². The van der Waals surface area contributed by atoms with E-state index in [9.17, 15) is 14.4 Å². The Balaban J connectivity index is 0. The highest BCUT2D eigenvalue weighted by Gasteiger charge is 2.00. The average Bonchev–Trinajstić information content (AvgIpc) is 2.51. The van der Waals surface area contributed by atoms with Crippen molar-refractivity contribution in [3.8, 4) is 0 Å². The lowest BCUT2D eigenvalue weighted by atomic mass is 10.1. The van der Waals surface area contributed by atoms with Gasteiger partial charge in [0.05, 0.1) is 6.42 Å². The molecule has 0 rings (SSSR count). The van der Waals surface area contributed by atoms with Crippen LogP contribution in [-0.2, 0) is 14.4 Å². The molecule has 9 heteroatoms. The van der Waals surface area contributed by atoms with E-state index < -0.39 is 5.97 Å². The second kappa shape index (κ2) is 20.7. The number of carbonyl (C=O) groups excluding carboxylic acids is 2. The molecule has 0 aromatic heterocycles. The summed E-state index contributed by atoms with van der Waals surface area (Å²) in [5, 5.41) is 13.9. The number of Topliss-reactive ketones (excluding diaryl/α,β-unsaturated/α-hetero) is 1. The molecule has 0 fully saturated rings. The van der Waals surface area contributed by atoms with Crippen LogP contribution in [0.3, 0.4) is 0 Å². The van der Waals surface area contributed by atoms with Gasteiger partial charge in [-0.15, -0.1) is 0 Å². The normalized spacial score (nSPS) is 9.79. The molecule has 0 aromatic rings. The molecule has 0 atom stereocenters. The molecular formula is C15H30N2O4S3. The molecule has 1 amide bonds. The Kier molecular flexibility index (Phi) is 22.3. The fourth-order valence-electron chi connectivity index (χ4n) is 1.52. The van der Waals surface area contributed by atoms with Gasteiger partial charge in [0, 0.05) is 38.1 Å². The molecule has 0 aliphatic heterocycles. The van der Waals surface area contributed by atoms with E-state index in [1.54, 1.807) is 0 Å². The molecule has 0 saturated carbocycles. The molecule has 0 radical (unpaired) electrons. The Labute approximate surface area is 161 Å². The van der Waals surface area contributed by atoms with Crippen molar-refractivity contribution in [1.29, 1.82) is 0 Å². The van der Waals surface area contributed by atoms with Crippen molar-refractivity contribution in [1.82, 2.24) is 10.6 Å². The molecule has 142 valence electrons. The molecule has 0 bridgehead atoms. The number of aliphatic carboxylic acids is 1. The van der Waals surface area contributed by atoms with Crippen molar-refractivity contribution in [2.45, 2.75) is 38.5 Å². The number of thiol groups is 3. The lowest BCUT2D eigenvalue weighted by Crippen LogP contribution is -2.32. The van der Waals surface area contributed by atoms with Crippen LogP contribution in [0, 0.1) is 0 Å². The summed E-state index contributed by atoms with van der Waals surface area (Å²) in [7, 11) is 0. The number of carboxylic acids is 1. The predicted molar refractivity (Wildman–Crippen MR) is 108 cm³/mol. The van der Waals surface area contributed by atoms with E-state index in [2.05, 4.69) is 48.5 Å². The number of rotatable bonds is 14. The second-order valence-electron chi connectivity index (χ2n) is 4.91. The van der Waals surface area contributed by atoms with Crippen LogP contribution in [0.5, 0.6) is 0 Å². The zero-order chi connectivity index (χ0) is 18.6. The number of carboxylic acid groups (broad SMARTS) is 1. The van der Waals surface area contributed by atoms with E-state index in [0.717, 1.165) is 25.9 Å². The Morgan fingerprint density at radius 3 is 1.88 bits per heavy atom. The Hall–Kier alpha value is -0.380. The summed E-state index contributed by atoms with van der Waals surface area (Å²) in [6.45, 7) is 2.30. The van der Waals surface area contributed by atoms with Gasteiger partial charge >= 0.3 is 5.97 Å². The summed E-state index contributed by atoms with van der Waals surface area (Å²) >= 11 is 11.7. The van der Waals surface area contributed by atoms with Crippen molar-refractivity contribution < 1.29 is 19.5 Å². The first-order valence-corrected chi connectivity index (χ1v) is 9.91. The molecule has 6 nitrogen and oxygen atoms in total. The van der Waals surface area contributed by atoms with Crippen LogP contribution in [0.25, 0.3) is 0 Å². The topological polar surface area (TPSA) is 95.5 Å². The highest BCUT2D eigenvalue weighted by molar-refractivity contribution is 7.80. The molecule has 0 aliphatic rings. The second-order valence-corrected chi connectivity index (χ2v) is 6.25. The monoisotopic (exact) mass is 398 g/mol. The third-order valence-corrected chi connectivity index (χ3v) is 3.41. The van der Waals surface area contributed by atoms with Crippen LogP contribution in [0.15, 0.2) is 0 Å². The molecule has 0 aliphatic carbocycles. The minimum absolute atomic E-state index is 0.0455. The van der Waals surface area contributed by atoms with Gasteiger partial charge in [0.2, 0.25) is 5.91 Å². The molecule has 3 N–H and O–H groups in total. The highest BCUT2D eigenvalue weighted by Crippen LogP contribution is 1.99.